The van der Waals surface area contributed by atoms with Crippen molar-refractivity contribution in [1.29, 1.82) is 0 Å². The predicted molar refractivity (Wildman–Crippen MR) is 149 cm³/mol. The molecule has 0 saturated carbocycles. The zero-order chi connectivity index (χ0) is 29.4. The molecule has 3 aromatic rings. The second-order valence-electron chi connectivity index (χ2n) is 9.68. The molecule has 1 atom stereocenters. The molecule has 0 bridgehead atoms. The van der Waals surface area contributed by atoms with Crippen molar-refractivity contribution in [3.05, 3.63) is 99.9 Å². The molecule has 1 aliphatic heterocycles. The van der Waals surface area contributed by atoms with E-state index in [1.165, 1.54) is 17.0 Å². The van der Waals surface area contributed by atoms with Gasteiger partial charge in [-0.15, -0.1) is 0 Å². The van der Waals surface area contributed by atoms with Crippen molar-refractivity contribution in [3.8, 4) is 5.75 Å². The summed E-state index contributed by atoms with van der Waals surface area (Å²) in [6.07, 6.45) is 1.33. The maximum Gasteiger partial charge on any atom is 0.410 e. The third-order valence-corrected chi connectivity index (χ3v) is 7.02. The first kappa shape index (κ1) is 29.6. The van der Waals surface area contributed by atoms with Gasteiger partial charge >= 0.3 is 18.0 Å². The Morgan fingerprint density at radius 1 is 0.878 bits per heavy atom. The quantitative estimate of drug-likeness (QED) is 0.233. The lowest BCUT2D eigenvalue weighted by Crippen LogP contribution is -2.32. The van der Waals surface area contributed by atoms with Crippen molar-refractivity contribution < 1.29 is 38.1 Å². The van der Waals surface area contributed by atoms with Crippen LogP contribution in [0.4, 0.5) is 9.18 Å². The average Bonchev–Trinajstić information content (AvgIpc) is 3.46. The third kappa shape index (κ3) is 7.03. The lowest BCUT2D eigenvalue weighted by molar-refractivity contribution is 0.0512. The fourth-order valence-corrected chi connectivity index (χ4v) is 5.10. The van der Waals surface area contributed by atoms with Crippen LogP contribution >= 0.6 is 0 Å². The molecule has 1 saturated heterocycles. The maximum absolute atomic E-state index is 13.4. The van der Waals surface area contributed by atoms with Crippen molar-refractivity contribution in [2.24, 2.45) is 0 Å². The standard InChI is InChI=1S/C32H34FNO7/c1-3-39-30(36)27-23(15-12-21-13-16-24(33)17-14-21)19-25(28(29(27)35)31(37)40-4-2)26-11-8-18-34(26)32(38)41-20-22-9-6-5-7-10-22/h5-7,9-10,13-14,16-17,19,26,35H,3-4,8,11-12,15,18,20H2,1-2H3/t26-/m0/s1. The van der Waals surface area contributed by atoms with E-state index in [1.54, 1.807) is 32.0 Å². The molecule has 1 heterocycles. The van der Waals surface area contributed by atoms with Gasteiger partial charge in [-0.3, -0.25) is 0 Å². The highest BCUT2D eigenvalue weighted by Crippen LogP contribution is 2.41. The van der Waals surface area contributed by atoms with Crippen LogP contribution in [0.25, 0.3) is 0 Å². The topological polar surface area (TPSA) is 102 Å². The van der Waals surface area contributed by atoms with Gasteiger partial charge in [-0.2, -0.15) is 0 Å². The number of esters is 2. The fourth-order valence-electron chi connectivity index (χ4n) is 5.10. The molecule has 0 radical (unpaired) electrons. The van der Waals surface area contributed by atoms with Crippen molar-refractivity contribution in [1.82, 2.24) is 4.90 Å². The minimum absolute atomic E-state index is 0.0479. The summed E-state index contributed by atoms with van der Waals surface area (Å²) in [5.41, 5.74) is 2.17. The Morgan fingerprint density at radius 2 is 1.54 bits per heavy atom. The van der Waals surface area contributed by atoms with E-state index in [0.717, 1.165) is 11.1 Å². The normalized spacial score (nSPS) is 14.5. The number of nitrogens with zero attached hydrogens (tertiary/aromatic N) is 1. The molecule has 216 valence electrons. The summed E-state index contributed by atoms with van der Waals surface area (Å²) < 4.78 is 29.5. The summed E-state index contributed by atoms with van der Waals surface area (Å²) in [5.74, 6) is -2.49. The summed E-state index contributed by atoms with van der Waals surface area (Å²) in [6.45, 7) is 3.88. The summed E-state index contributed by atoms with van der Waals surface area (Å²) in [5, 5.41) is 11.4. The average molecular weight is 564 g/mol. The minimum atomic E-state index is -0.805. The Kier molecular flexibility index (Phi) is 9.95. The van der Waals surface area contributed by atoms with E-state index >= 15 is 0 Å². The van der Waals surface area contributed by atoms with E-state index in [2.05, 4.69) is 0 Å². The summed E-state index contributed by atoms with van der Waals surface area (Å²) in [6, 6.07) is 16.4. The molecule has 4 rings (SSSR count). The van der Waals surface area contributed by atoms with Gasteiger partial charge in [0.15, 0.2) is 0 Å². The largest absolute Gasteiger partial charge is 0.506 e. The highest BCUT2D eigenvalue weighted by molar-refractivity contribution is 6.02. The first-order valence-electron chi connectivity index (χ1n) is 13.8. The van der Waals surface area contributed by atoms with Crippen LogP contribution in [0.2, 0.25) is 0 Å². The summed E-state index contributed by atoms with van der Waals surface area (Å²) in [4.78, 5) is 40.9. The number of amides is 1. The molecule has 8 nitrogen and oxygen atoms in total. The Morgan fingerprint density at radius 3 is 2.20 bits per heavy atom. The monoisotopic (exact) mass is 563 g/mol. The van der Waals surface area contributed by atoms with Crippen LogP contribution in [0.5, 0.6) is 5.75 Å². The maximum atomic E-state index is 13.4. The van der Waals surface area contributed by atoms with Gasteiger partial charge in [0.05, 0.1) is 19.3 Å². The van der Waals surface area contributed by atoms with E-state index in [4.69, 9.17) is 14.2 Å². The number of rotatable bonds is 10. The number of benzene rings is 3. The van der Waals surface area contributed by atoms with E-state index < -0.39 is 29.8 Å². The van der Waals surface area contributed by atoms with E-state index in [-0.39, 0.29) is 43.2 Å². The van der Waals surface area contributed by atoms with E-state index in [0.29, 0.717) is 36.9 Å². The van der Waals surface area contributed by atoms with Crippen molar-refractivity contribution in [2.75, 3.05) is 19.8 Å². The van der Waals surface area contributed by atoms with Gasteiger partial charge in [-0.1, -0.05) is 48.5 Å². The molecule has 1 N–H and O–H groups in total. The van der Waals surface area contributed by atoms with Crippen LogP contribution in [-0.4, -0.2) is 47.8 Å². The molecule has 1 fully saturated rings. The molecule has 9 heteroatoms. The van der Waals surface area contributed by atoms with Crippen LogP contribution in [0.1, 0.15) is 75.7 Å². The molecule has 0 unspecified atom stereocenters. The Hall–Kier alpha value is -4.40. The van der Waals surface area contributed by atoms with Crippen LogP contribution in [-0.2, 0) is 33.7 Å². The molecule has 1 aliphatic rings. The number of hydrogen-bond acceptors (Lipinski definition) is 7. The number of likely N-dealkylation sites (tertiary alicyclic amines) is 1. The highest BCUT2D eigenvalue weighted by atomic mass is 19.1. The van der Waals surface area contributed by atoms with Gasteiger partial charge in [-0.05, 0) is 73.9 Å². The SMILES string of the molecule is CCOC(=O)c1c(CCc2ccc(F)cc2)cc([C@@H]2CCCN2C(=O)OCc2ccccc2)c(C(=O)OCC)c1O. The Balaban J connectivity index is 1.74. The highest BCUT2D eigenvalue weighted by Gasteiger charge is 2.37. The van der Waals surface area contributed by atoms with Crippen LogP contribution in [0.3, 0.4) is 0 Å². The fraction of sp³-hybridized carbons (Fsp3) is 0.344. The first-order valence-corrected chi connectivity index (χ1v) is 13.8. The second kappa shape index (κ2) is 13.8. The van der Waals surface area contributed by atoms with Gasteiger partial charge in [0.2, 0.25) is 0 Å². The van der Waals surface area contributed by atoms with Crippen LogP contribution in [0, 0.1) is 5.82 Å². The van der Waals surface area contributed by atoms with E-state index in [1.807, 2.05) is 30.3 Å². The molecular formula is C32H34FNO7. The Labute approximate surface area is 238 Å². The summed E-state index contributed by atoms with van der Waals surface area (Å²) in [7, 11) is 0. The number of aryl methyl sites for hydroxylation is 2. The smallest absolute Gasteiger partial charge is 0.410 e. The van der Waals surface area contributed by atoms with Gasteiger partial charge < -0.3 is 24.2 Å². The number of phenolic OH excluding ortho intramolecular Hbond substituents is 1. The lowest BCUT2D eigenvalue weighted by atomic mass is 9.89. The number of hydrogen-bond donors (Lipinski definition) is 1. The zero-order valence-electron chi connectivity index (χ0n) is 23.2. The van der Waals surface area contributed by atoms with Crippen molar-refractivity contribution >= 4 is 18.0 Å². The van der Waals surface area contributed by atoms with Gasteiger partial charge in [0.25, 0.3) is 0 Å². The minimum Gasteiger partial charge on any atom is -0.506 e. The molecule has 0 aliphatic carbocycles. The zero-order valence-corrected chi connectivity index (χ0v) is 23.2. The predicted octanol–water partition coefficient (Wildman–Crippen LogP) is 6.14. The number of carbonyl (C=O) groups is 3. The van der Waals surface area contributed by atoms with Crippen LogP contribution in [0.15, 0.2) is 60.7 Å². The molecule has 3 aromatic carbocycles. The first-order chi connectivity index (χ1) is 19.8. The molecule has 1 amide bonds. The molecule has 41 heavy (non-hydrogen) atoms. The Bertz CT molecular complexity index is 1380. The number of aromatic hydroxyl groups is 1. The van der Waals surface area contributed by atoms with Crippen molar-refractivity contribution in [2.45, 2.75) is 52.2 Å². The number of carbonyl (C=O) groups excluding carboxylic acids is 3. The molecule has 0 spiro atoms. The second-order valence-corrected chi connectivity index (χ2v) is 9.68. The molecule has 0 aromatic heterocycles. The number of phenols is 1. The van der Waals surface area contributed by atoms with E-state index in [9.17, 15) is 23.9 Å². The van der Waals surface area contributed by atoms with Crippen LogP contribution < -0.4 is 0 Å². The lowest BCUT2D eigenvalue weighted by Gasteiger charge is -2.27. The van der Waals surface area contributed by atoms with Crippen molar-refractivity contribution in [3.63, 3.8) is 0 Å². The summed E-state index contributed by atoms with van der Waals surface area (Å²) >= 11 is 0. The molecular weight excluding hydrogens is 529 g/mol. The van der Waals surface area contributed by atoms with Gasteiger partial charge in [-0.25, -0.2) is 18.8 Å². The van der Waals surface area contributed by atoms with Gasteiger partial charge in [0.1, 0.15) is 29.3 Å². The number of ether oxygens (including phenoxy) is 3. The number of halogens is 1. The van der Waals surface area contributed by atoms with Gasteiger partial charge in [0, 0.05) is 6.54 Å². The third-order valence-electron chi connectivity index (χ3n) is 7.02.